The van der Waals surface area contributed by atoms with Gasteiger partial charge in [-0.1, -0.05) is 6.92 Å². The van der Waals surface area contributed by atoms with E-state index in [1.165, 1.54) is 12.1 Å². The third kappa shape index (κ3) is 5.50. The molecule has 1 aliphatic carbocycles. The van der Waals surface area contributed by atoms with Gasteiger partial charge in [-0.15, -0.1) is 0 Å². The highest BCUT2D eigenvalue weighted by atomic mass is 19.4. The first-order chi connectivity index (χ1) is 14.9. The van der Waals surface area contributed by atoms with Crippen molar-refractivity contribution < 1.29 is 22.4 Å². The largest absolute Gasteiger partial charge is 0.418 e. The van der Waals surface area contributed by atoms with Crippen LogP contribution in [0.3, 0.4) is 0 Å². The van der Waals surface area contributed by atoms with Crippen LogP contribution in [0, 0.1) is 11.2 Å². The number of nitrogens with zero attached hydrogens (tertiary/aromatic N) is 3. The zero-order chi connectivity index (χ0) is 23.7. The molecule has 1 amide bonds. The number of carbonyl (C=O) groups excluding carboxylic acids is 1. The lowest BCUT2D eigenvalue weighted by molar-refractivity contribution is -0.136. The fraction of sp³-hybridized carbons (Fsp3) is 0.300. The van der Waals surface area contributed by atoms with Crippen molar-refractivity contribution in [2.75, 3.05) is 10.6 Å². The molecule has 1 heterocycles. The molecule has 0 unspecified atom stereocenters. The average molecular weight is 451 g/mol. The Balaban J connectivity index is 1.87. The number of nitrogens with two attached hydrogens (primary N) is 2. The van der Waals surface area contributed by atoms with E-state index in [1.807, 2.05) is 6.92 Å². The number of anilines is 3. The van der Waals surface area contributed by atoms with Crippen LogP contribution in [-0.4, -0.2) is 21.7 Å². The van der Waals surface area contributed by atoms with Crippen molar-refractivity contribution in [3.05, 3.63) is 47.5 Å². The van der Waals surface area contributed by atoms with Crippen molar-refractivity contribution in [3.63, 3.8) is 0 Å². The van der Waals surface area contributed by atoms with Gasteiger partial charge in [0, 0.05) is 23.7 Å². The Bertz CT molecular complexity index is 1110. The molecule has 1 aromatic carbocycles. The molecular formula is C20H21F4N7O. The highest BCUT2D eigenvalue weighted by Gasteiger charge is 2.40. The highest BCUT2D eigenvalue weighted by molar-refractivity contribution is 5.94. The molecule has 0 aliphatic heterocycles. The summed E-state index contributed by atoms with van der Waals surface area (Å²) in [6.07, 6.45) is -0.656. The van der Waals surface area contributed by atoms with Crippen LogP contribution < -0.4 is 22.1 Å². The molecule has 2 aromatic rings. The van der Waals surface area contributed by atoms with E-state index in [1.54, 1.807) is 0 Å². The van der Waals surface area contributed by atoms with Crippen molar-refractivity contribution in [2.24, 2.45) is 21.9 Å². The third-order valence-electron chi connectivity index (χ3n) is 4.85. The van der Waals surface area contributed by atoms with Crippen LogP contribution in [0.2, 0.25) is 0 Å². The monoisotopic (exact) mass is 451 g/mol. The number of hydrogen-bond donors (Lipinski definition) is 4. The summed E-state index contributed by atoms with van der Waals surface area (Å²) in [5.41, 5.74) is 10.7. The summed E-state index contributed by atoms with van der Waals surface area (Å²) in [4.78, 5) is 22.6. The zero-order valence-corrected chi connectivity index (χ0v) is 17.2. The van der Waals surface area contributed by atoms with Crippen molar-refractivity contribution in [3.8, 4) is 0 Å². The van der Waals surface area contributed by atoms with Gasteiger partial charge in [-0.3, -0.25) is 4.79 Å². The van der Waals surface area contributed by atoms with E-state index in [0.29, 0.717) is 5.70 Å². The molecule has 3 rings (SSSR count). The molecule has 0 spiro atoms. The minimum atomic E-state index is -4.73. The smallest absolute Gasteiger partial charge is 0.401 e. The molecule has 0 saturated heterocycles. The number of aliphatic imine (C=N–C) groups is 1. The molecular weight excluding hydrogens is 430 g/mol. The highest BCUT2D eigenvalue weighted by Crippen LogP contribution is 2.49. The van der Waals surface area contributed by atoms with Crippen LogP contribution in [0.5, 0.6) is 0 Å². The van der Waals surface area contributed by atoms with Crippen LogP contribution in [0.15, 0.2) is 41.2 Å². The maximum Gasteiger partial charge on any atom is 0.418 e. The van der Waals surface area contributed by atoms with Gasteiger partial charge in [0.1, 0.15) is 5.84 Å². The molecule has 0 radical (unpaired) electrons. The number of benzene rings is 1. The first-order valence-electron chi connectivity index (χ1n) is 9.47. The minimum Gasteiger partial charge on any atom is -0.401 e. The van der Waals surface area contributed by atoms with Gasteiger partial charge in [0.05, 0.1) is 17.4 Å². The number of alkyl halides is 3. The lowest BCUT2D eigenvalue weighted by atomic mass is 10.1. The molecule has 0 bridgehead atoms. The van der Waals surface area contributed by atoms with E-state index in [9.17, 15) is 22.4 Å². The van der Waals surface area contributed by atoms with Gasteiger partial charge in [0.25, 0.3) is 0 Å². The summed E-state index contributed by atoms with van der Waals surface area (Å²) in [5.74, 6) is -2.21. The Morgan fingerprint density at radius 1 is 1.28 bits per heavy atom. The fourth-order valence-corrected chi connectivity index (χ4v) is 2.75. The first kappa shape index (κ1) is 23.0. The van der Waals surface area contributed by atoms with Crippen LogP contribution in [0.4, 0.5) is 40.7 Å². The van der Waals surface area contributed by atoms with Crippen molar-refractivity contribution in [1.29, 1.82) is 0 Å². The maximum absolute atomic E-state index is 14.1. The summed E-state index contributed by atoms with van der Waals surface area (Å²) in [7, 11) is 0. The van der Waals surface area contributed by atoms with E-state index in [-0.39, 0.29) is 22.9 Å². The molecule has 1 aliphatic rings. The average Bonchev–Trinajstić information content (AvgIpc) is 3.43. The van der Waals surface area contributed by atoms with Crippen molar-refractivity contribution in [2.45, 2.75) is 32.9 Å². The van der Waals surface area contributed by atoms with Crippen molar-refractivity contribution >= 4 is 34.9 Å². The lowest BCUT2D eigenvalue weighted by Crippen LogP contribution is -2.16. The van der Waals surface area contributed by atoms with Gasteiger partial charge >= 0.3 is 6.18 Å². The molecule has 170 valence electrons. The Hall–Kier alpha value is -3.70. The van der Waals surface area contributed by atoms with E-state index in [4.69, 9.17) is 11.5 Å². The van der Waals surface area contributed by atoms with E-state index >= 15 is 0 Å². The van der Waals surface area contributed by atoms with Gasteiger partial charge in [-0.25, -0.2) is 14.4 Å². The predicted octanol–water partition coefficient (Wildman–Crippen LogP) is 3.97. The number of aromatic nitrogens is 2. The second kappa shape index (κ2) is 8.44. The van der Waals surface area contributed by atoms with Crippen LogP contribution in [-0.2, 0) is 11.0 Å². The number of amides is 1. The molecule has 1 aromatic heterocycles. The molecule has 1 fully saturated rings. The van der Waals surface area contributed by atoms with Gasteiger partial charge in [-0.2, -0.15) is 18.2 Å². The number of amidine groups is 1. The summed E-state index contributed by atoms with van der Waals surface area (Å²) in [5, 5.41) is 4.69. The summed E-state index contributed by atoms with van der Waals surface area (Å²) in [6.45, 7) is 3.06. The fourth-order valence-electron chi connectivity index (χ4n) is 2.75. The van der Waals surface area contributed by atoms with Crippen LogP contribution in [0.1, 0.15) is 32.3 Å². The van der Waals surface area contributed by atoms with E-state index in [2.05, 4.69) is 25.6 Å². The molecule has 1 saturated carbocycles. The van der Waals surface area contributed by atoms with Gasteiger partial charge < -0.3 is 22.1 Å². The summed E-state index contributed by atoms with van der Waals surface area (Å²) in [6, 6.07) is 3.14. The third-order valence-corrected chi connectivity index (χ3v) is 4.85. The number of halogens is 4. The van der Waals surface area contributed by atoms with Gasteiger partial charge in [-0.05, 0) is 37.1 Å². The molecule has 32 heavy (non-hydrogen) atoms. The Morgan fingerprint density at radius 2 is 1.97 bits per heavy atom. The SMILES string of the molecule is CC(=O)Nc1ccc(Nc2ncc(F)c(N=C(N)C=C(N)C3(C)CC3)n2)cc1C(F)(F)F. The summed E-state index contributed by atoms with van der Waals surface area (Å²) < 4.78 is 54.2. The maximum atomic E-state index is 14.1. The topological polar surface area (TPSA) is 131 Å². The molecule has 12 heteroatoms. The van der Waals surface area contributed by atoms with Gasteiger partial charge in [0.15, 0.2) is 11.6 Å². The zero-order valence-electron chi connectivity index (χ0n) is 17.2. The normalized spacial score (nSPS) is 15.9. The first-order valence-corrected chi connectivity index (χ1v) is 9.47. The van der Waals surface area contributed by atoms with Crippen LogP contribution >= 0.6 is 0 Å². The quantitative estimate of drug-likeness (QED) is 0.299. The predicted molar refractivity (Wildman–Crippen MR) is 112 cm³/mol. The minimum absolute atomic E-state index is 0.0354. The Labute approximate surface area is 180 Å². The van der Waals surface area contributed by atoms with E-state index in [0.717, 1.165) is 38.1 Å². The second-order valence-corrected chi connectivity index (χ2v) is 7.63. The molecule has 6 N–H and O–H groups in total. The number of hydrogen-bond acceptors (Lipinski definition) is 6. The summed E-state index contributed by atoms with van der Waals surface area (Å²) >= 11 is 0. The van der Waals surface area contributed by atoms with Crippen molar-refractivity contribution in [1.82, 2.24) is 9.97 Å². The number of allylic oxidation sites excluding steroid dienone is 1. The Morgan fingerprint density at radius 3 is 2.56 bits per heavy atom. The van der Waals surface area contributed by atoms with Crippen LogP contribution in [0.25, 0.3) is 0 Å². The molecule has 0 atom stereocenters. The standard InChI is InChI=1S/C20H21F4N7O/c1-10(32)28-14-4-3-11(7-12(14)20(22,23)24)29-18-27-9-13(21)17(31-18)30-16(26)8-15(25)19(2)5-6-19/h3-4,7-9H,5-6,25H2,1-2H3,(H,28,32)(H3,26,27,29,30,31). The van der Waals surface area contributed by atoms with E-state index < -0.39 is 35.0 Å². The molecule has 8 nitrogen and oxygen atoms in total. The number of carbonyl (C=O) groups is 1. The second-order valence-electron chi connectivity index (χ2n) is 7.63. The Kier molecular flexibility index (Phi) is 6.06. The van der Waals surface area contributed by atoms with Gasteiger partial charge in [0.2, 0.25) is 11.9 Å². The number of nitrogens with one attached hydrogen (secondary N) is 2. The number of rotatable bonds is 6. The lowest BCUT2D eigenvalue weighted by Gasteiger charge is -2.15.